The van der Waals surface area contributed by atoms with E-state index in [1.54, 1.807) is 28.4 Å². The molecule has 0 radical (unpaired) electrons. The Morgan fingerprint density at radius 2 is 2.33 bits per heavy atom. The quantitative estimate of drug-likeness (QED) is 0.899. The first-order valence-electron chi connectivity index (χ1n) is 5.98. The van der Waals surface area contributed by atoms with Crippen LogP contribution in [-0.2, 0) is 11.2 Å². The van der Waals surface area contributed by atoms with E-state index in [0.29, 0.717) is 0 Å². The Hall–Kier alpha value is -1.62. The summed E-state index contributed by atoms with van der Waals surface area (Å²) < 4.78 is 1.66. The molecule has 96 valence electrons. The molecule has 1 N–H and O–H groups in total. The molecule has 2 unspecified atom stereocenters. The molecule has 2 atom stereocenters. The molecule has 0 aliphatic rings. The fourth-order valence-electron chi connectivity index (χ4n) is 1.77. The summed E-state index contributed by atoms with van der Waals surface area (Å²) in [4.78, 5) is 13.3. The topological polar surface area (TPSA) is 46.9 Å². The normalized spacial score (nSPS) is 14.1. The van der Waals surface area contributed by atoms with Crippen molar-refractivity contribution in [3.05, 3.63) is 40.8 Å². The van der Waals surface area contributed by atoms with Gasteiger partial charge >= 0.3 is 0 Å². The lowest BCUT2D eigenvalue weighted by molar-refractivity contribution is -0.124. The van der Waals surface area contributed by atoms with E-state index in [4.69, 9.17) is 0 Å². The molecule has 1 amide bonds. The Kier molecular flexibility index (Phi) is 4.15. The minimum atomic E-state index is -0.272. The van der Waals surface area contributed by atoms with Crippen molar-refractivity contribution < 1.29 is 4.79 Å². The lowest BCUT2D eigenvalue weighted by Gasteiger charge is -2.17. The van der Waals surface area contributed by atoms with E-state index in [1.807, 2.05) is 26.0 Å². The van der Waals surface area contributed by atoms with Gasteiger partial charge in [0.15, 0.2) is 0 Å². The number of carbonyl (C=O) groups excluding carboxylic acids is 1. The molecule has 2 heterocycles. The lowest BCUT2D eigenvalue weighted by atomic mass is 10.2. The van der Waals surface area contributed by atoms with Crippen LogP contribution in [0.15, 0.2) is 36.0 Å². The maximum absolute atomic E-state index is 12.0. The van der Waals surface area contributed by atoms with Crippen LogP contribution in [0.4, 0.5) is 0 Å². The number of nitrogens with zero attached hydrogens (tertiary/aromatic N) is 2. The van der Waals surface area contributed by atoms with Gasteiger partial charge in [0.25, 0.3) is 0 Å². The van der Waals surface area contributed by atoms with E-state index in [2.05, 4.69) is 21.9 Å². The molecule has 0 bridgehead atoms. The van der Waals surface area contributed by atoms with Crippen LogP contribution in [0.3, 0.4) is 0 Å². The van der Waals surface area contributed by atoms with Crippen LogP contribution in [0.25, 0.3) is 0 Å². The van der Waals surface area contributed by atoms with Crippen molar-refractivity contribution in [1.29, 1.82) is 0 Å². The van der Waals surface area contributed by atoms with Gasteiger partial charge in [-0.25, -0.2) is 0 Å². The van der Waals surface area contributed by atoms with Gasteiger partial charge in [-0.1, -0.05) is 6.07 Å². The van der Waals surface area contributed by atoms with Crippen LogP contribution >= 0.6 is 11.3 Å². The first kappa shape index (κ1) is 12.8. The second kappa shape index (κ2) is 5.82. The molecule has 4 nitrogen and oxygen atoms in total. The third kappa shape index (κ3) is 3.20. The molecule has 2 aromatic heterocycles. The highest BCUT2D eigenvalue weighted by atomic mass is 32.1. The van der Waals surface area contributed by atoms with Crippen molar-refractivity contribution in [2.45, 2.75) is 32.4 Å². The van der Waals surface area contributed by atoms with Crippen molar-refractivity contribution in [3.63, 3.8) is 0 Å². The summed E-state index contributed by atoms with van der Waals surface area (Å²) in [6.07, 6.45) is 4.35. The minimum Gasteiger partial charge on any atom is -0.351 e. The zero-order valence-corrected chi connectivity index (χ0v) is 11.4. The molecule has 0 saturated heterocycles. The summed E-state index contributed by atoms with van der Waals surface area (Å²) in [7, 11) is 0. The van der Waals surface area contributed by atoms with Gasteiger partial charge in [-0.3, -0.25) is 9.48 Å². The summed E-state index contributed by atoms with van der Waals surface area (Å²) in [6.45, 7) is 3.87. The Labute approximate surface area is 111 Å². The van der Waals surface area contributed by atoms with Gasteiger partial charge < -0.3 is 5.32 Å². The lowest BCUT2D eigenvalue weighted by Crippen LogP contribution is -2.38. The van der Waals surface area contributed by atoms with E-state index < -0.39 is 0 Å². The van der Waals surface area contributed by atoms with E-state index in [-0.39, 0.29) is 18.0 Å². The predicted molar refractivity (Wildman–Crippen MR) is 72.6 cm³/mol. The van der Waals surface area contributed by atoms with Gasteiger partial charge in [0.2, 0.25) is 5.91 Å². The smallest absolute Gasteiger partial charge is 0.244 e. The summed E-state index contributed by atoms with van der Waals surface area (Å²) in [5.41, 5.74) is 0. The molecule has 2 aromatic rings. The van der Waals surface area contributed by atoms with Crippen LogP contribution in [-0.4, -0.2) is 21.7 Å². The Bertz CT molecular complexity index is 478. The van der Waals surface area contributed by atoms with Crippen LogP contribution in [0, 0.1) is 0 Å². The van der Waals surface area contributed by atoms with E-state index >= 15 is 0 Å². The minimum absolute atomic E-state index is 0.00255. The largest absolute Gasteiger partial charge is 0.351 e. The average molecular weight is 263 g/mol. The van der Waals surface area contributed by atoms with Gasteiger partial charge in [-0.2, -0.15) is 5.10 Å². The highest BCUT2D eigenvalue weighted by Gasteiger charge is 2.17. The molecular weight excluding hydrogens is 246 g/mol. The van der Waals surface area contributed by atoms with E-state index in [1.165, 1.54) is 4.88 Å². The summed E-state index contributed by atoms with van der Waals surface area (Å²) in [5, 5.41) is 9.14. The van der Waals surface area contributed by atoms with Gasteiger partial charge in [0.1, 0.15) is 6.04 Å². The molecule has 0 spiro atoms. The van der Waals surface area contributed by atoms with Crippen molar-refractivity contribution in [2.75, 3.05) is 0 Å². The number of hydrogen-bond acceptors (Lipinski definition) is 3. The molecule has 5 heteroatoms. The maximum atomic E-state index is 12.0. The molecule has 0 fully saturated rings. The zero-order chi connectivity index (χ0) is 13.0. The third-order valence-electron chi connectivity index (χ3n) is 2.78. The second-order valence-electron chi connectivity index (χ2n) is 4.36. The standard InChI is InChI=1S/C13H17N3OS/c1-10(9-12-5-3-8-18-12)15-13(17)11(2)16-7-4-6-14-16/h3-8,10-11H,9H2,1-2H3,(H,15,17). The van der Waals surface area contributed by atoms with Crippen LogP contribution < -0.4 is 5.32 Å². The number of hydrogen-bond donors (Lipinski definition) is 1. The Morgan fingerprint density at radius 3 is 2.94 bits per heavy atom. The van der Waals surface area contributed by atoms with Crippen molar-refractivity contribution in [2.24, 2.45) is 0 Å². The number of carbonyl (C=O) groups is 1. The first-order valence-corrected chi connectivity index (χ1v) is 6.86. The Morgan fingerprint density at radius 1 is 1.50 bits per heavy atom. The SMILES string of the molecule is CC(Cc1cccs1)NC(=O)C(C)n1cccn1. The molecule has 0 aromatic carbocycles. The first-order chi connectivity index (χ1) is 8.66. The van der Waals surface area contributed by atoms with Gasteiger partial charge in [0.05, 0.1) is 0 Å². The molecular formula is C13H17N3OS. The van der Waals surface area contributed by atoms with Gasteiger partial charge in [0, 0.05) is 29.7 Å². The molecule has 0 saturated carbocycles. The average Bonchev–Trinajstić information content (AvgIpc) is 2.99. The predicted octanol–water partition coefficient (Wildman–Crippen LogP) is 2.25. The summed E-state index contributed by atoms with van der Waals surface area (Å²) in [5.74, 6) is 0.00255. The number of thiophene rings is 1. The van der Waals surface area contributed by atoms with Crippen molar-refractivity contribution in [3.8, 4) is 0 Å². The summed E-state index contributed by atoms with van der Waals surface area (Å²) >= 11 is 1.72. The highest BCUT2D eigenvalue weighted by Crippen LogP contribution is 2.11. The monoisotopic (exact) mass is 263 g/mol. The maximum Gasteiger partial charge on any atom is 0.244 e. The molecule has 0 aliphatic heterocycles. The van der Waals surface area contributed by atoms with Gasteiger partial charge in [-0.15, -0.1) is 11.3 Å². The third-order valence-corrected chi connectivity index (χ3v) is 3.68. The number of nitrogens with one attached hydrogen (secondary N) is 1. The molecule has 0 aliphatic carbocycles. The van der Waals surface area contributed by atoms with E-state index in [0.717, 1.165) is 6.42 Å². The van der Waals surface area contributed by atoms with Crippen LogP contribution in [0.1, 0.15) is 24.8 Å². The van der Waals surface area contributed by atoms with Gasteiger partial charge in [-0.05, 0) is 31.4 Å². The summed E-state index contributed by atoms with van der Waals surface area (Å²) in [6, 6.07) is 5.80. The van der Waals surface area contributed by atoms with Crippen LogP contribution in [0.5, 0.6) is 0 Å². The van der Waals surface area contributed by atoms with Crippen molar-refractivity contribution in [1.82, 2.24) is 15.1 Å². The molecule has 18 heavy (non-hydrogen) atoms. The zero-order valence-electron chi connectivity index (χ0n) is 10.5. The molecule has 2 rings (SSSR count). The number of rotatable bonds is 5. The number of amides is 1. The fraction of sp³-hybridized carbons (Fsp3) is 0.385. The highest BCUT2D eigenvalue weighted by molar-refractivity contribution is 7.09. The second-order valence-corrected chi connectivity index (χ2v) is 5.39. The van der Waals surface area contributed by atoms with E-state index in [9.17, 15) is 4.79 Å². The number of aromatic nitrogens is 2. The van der Waals surface area contributed by atoms with Crippen LogP contribution in [0.2, 0.25) is 0 Å². The Balaban J connectivity index is 1.87. The van der Waals surface area contributed by atoms with Crippen molar-refractivity contribution >= 4 is 17.2 Å². The fourth-order valence-corrected chi connectivity index (χ4v) is 2.61.